The molecule has 0 unspecified atom stereocenters. The zero-order valence-corrected chi connectivity index (χ0v) is 8.75. The summed E-state index contributed by atoms with van der Waals surface area (Å²) in [6, 6.07) is 3.09. The van der Waals surface area contributed by atoms with E-state index in [2.05, 4.69) is 15.2 Å². The van der Waals surface area contributed by atoms with Crippen molar-refractivity contribution < 1.29 is 4.39 Å². The van der Waals surface area contributed by atoms with Gasteiger partial charge in [0, 0.05) is 13.1 Å². The van der Waals surface area contributed by atoms with Gasteiger partial charge in [-0.15, -0.1) is 0 Å². The molecule has 1 aliphatic rings. The van der Waals surface area contributed by atoms with Gasteiger partial charge in [-0.1, -0.05) is 0 Å². The quantitative estimate of drug-likeness (QED) is 0.818. The number of halogens is 1. The molecule has 82 valence electrons. The molecular formula is C11H16FN3. The molecule has 0 saturated carbocycles. The van der Waals surface area contributed by atoms with Crippen LogP contribution in [0.5, 0.6) is 0 Å². The fourth-order valence-corrected chi connectivity index (χ4v) is 1.83. The lowest BCUT2D eigenvalue weighted by molar-refractivity contribution is 0.352. The Hall–Kier alpha value is -1.16. The molecule has 2 rings (SSSR count). The fraction of sp³-hybridized carbons (Fsp3) is 0.545. The van der Waals surface area contributed by atoms with Gasteiger partial charge in [-0.3, -0.25) is 0 Å². The highest BCUT2D eigenvalue weighted by atomic mass is 19.1. The van der Waals surface area contributed by atoms with Gasteiger partial charge in [-0.05, 0) is 38.1 Å². The van der Waals surface area contributed by atoms with E-state index in [0.717, 1.165) is 18.9 Å². The summed E-state index contributed by atoms with van der Waals surface area (Å²) in [5.74, 6) is 0.454. The number of rotatable bonds is 4. The van der Waals surface area contributed by atoms with Crippen LogP contribution in [0.15, 0.2) is 18.3 Å². The molecule has 1 N–H and O–H groups in total. The van der Waals surface area contributed by atoms with Crippen LogP contribution in [-0.4, -0.2) is 36.1 Å². The van der Waals surface area contributed by atoms with E-state index in [-0.39, 0.29) is 5.82 Å². The Labute approximate surface area is 89.3 Å². The smallest absolute Gasteiger partial charge is 0.141 e. The number of aromatic nitrogens is 1. The van der Waals surface area contributed by atoms with Crippen molar-refractivity contribution in [3.05, 3.63) is 24.1 Å². The highest BCUT2D eigenvalue weighted by Crippen LogP contribution is 2.07. The van der Waals surface area contributed by atoms with Crippen LogP contribution in [0.25, 0.3) is 0 Å². The van der Waals surface area contributed by atoms with Crippen molar-refractivity contribution in [2.24, 2.45) is 0 Å². The van der Waals surface area contributed by atoms with E-state index in [4.69, 9.17) is 0 Å². The van der Waals surface area contributed by atoms with Gasteiger partial charge < -0.3 is 10.2 Å². The van der Waals surface area contributed by atoms with Crippen LogP contribution in [0, 0.1) is 5.82 Å². The van der Waals surface area contributed by atoms with Crippen molar-refractivity contribution >= 4 is 5.82 Å². The third-order valence-corrected chi connectivity index (χ3v) is 2.66. The molecule has 15 heavy (non-hydrogen) atoms. The van der Waals surface area contributed by atoms with Crippen LogP contribution in [0.2, 0.25) is 0 Å². The summed E-state index contributed by atoms with van der Waals surface area (Å²) < 4.78 is 12.6. The van der Waals surface area contributed by atoms with E-state index in [0.29, 0.717) is 0 Å². The molecule has 4 heteroatoms. The van der Waals surface area contributed by atoms with E-state index in [1.165, 1.54) is 38.2 Å². The van der Waals surface area contributed by atoms with Crippen LogP contribution in [-0.2, 0) is 0 Å². The van der Waals surface area contributed by atoms with E-state index in [1.807, 2.05) is 0 Å². The first-order valence-electron chi connectivity index (χ1n) is 5.42. The summed E-state index contributed by atoms with van der Waals surface area (Å²) in [4.78, 5) is 6.36. The summed E-state index contributed by atoms with van der Waals surface area (Å²) in [6.07, 6.45) is 3.86. The maximum Gasteiger partial charge on any atom is 0.141 e. The molecule has 1 aliphatic heterocycles. The maximum absolute atomic E-state index is 12.6. The summed E-state index contributed by atoms with van der Waals surface area (Å²) >= 11 is 0. The van der Waals surface area contributed by atoms with Gasteiger partial charge in [0.15, 0.2) is 0 Å². The van der Waals surface area contributed by atoms with E-state index >= 15 is 0 Å². The zero-order valence-electron chi connectivity index (χ0n) is 8.75. The Morgan fingerprint density at radius 1 is 1.33 bits per heavy atom. The standard InChI is InChI=1S/C11H16FN3/c12-10-3-4-11(14-9-10)13-5-8-15-6-1-2-7-15/h3-4,9H,1-2,5-8H2,(H,13,14). The molecule has 0 spiro atoms. The molecule has 3 nitrogen and oxygen atoms in total. The van der Waals surface area contributed by atoms with Gasteiger partial charge in [0.05, 0.1) is 6.20 Å². The molecule has 1 saturated heterocycles. The third kappa shape index (κ3) is 3.16. The van der Waals surface area contributed by atoms with Crippen molar-refractivity contribution in [3.8, 4) is 0 Å². The van der Waals surface area contributed by atoms with Crippen molar-refractivity contribution in [2.75, 3.05) is 31.5 Å². The van der Waals surface area contributed by atoms with Gasteiger partial charge in [0.25, 0.3) is 0 Å². The summed E-state index contributed by atoms with van der Waals surface area (Å²) in [7, 11) is 0. The maximum atomic E-state index is 12.6. The van der Waals surface area contributed by atoms with Gasteiger partial charge in [-0.2, -0.15) is 0 Å². The van der Waals surface area contributed by atoms with Gasteiger partial charge >= 0.3 is 0 Å². The average Bonchev–Trinajstić information content (AvgIpc) is 2.74. The Morgan fingerprint density at radius 3 is 2.80 bits per heavy atom. The number of hydrogen-bond donors (Lipinski definition) is 1. The van der Waals surface area contributed by atoms with E-state index in [1.54, 1.807) is 6.07 Å². The molecule has 0 amide bonds. The van der Waals surface area contributed by atoms with Gasteiger partial charge in [-0.25, -0.2) is 9.37 Å². The zero-order chi connectivity index (χ0) is 10.5. The van der Waals surface area contributed by atoms with E-state index < -0.39 is 0 Å². The Balaban J connectivity index is 1.71. The first-order valence-corrected chi connectivity index (χ1v) is 5.42. The predicted octanol–water partition coefficient (Wildman–Crippen LogP) is 1.73. The normalized spacial score (nSPS) is 16.9. The number of likely N-dealkylation sites (tertiary alicyclic amines) is 1. The molecule has 1 fully saturated rings. The summed E-state index contributed by atoms with van der Waals surface area (Å²) in [5, 5.41) is 3.18. The van der Waals surface area contributed by atoms with Crippen LogP contribution in [0.4, 0.5) is 10.2 Å². The average molecular weight is 209 g/mol. The number of anilines is 1. The first kappa shape index (κ1) is 10.4. The summed E-state index contributed by atoms with van der Waals surface area (Å²) in [6.45, 7) is 4.33. The lowest BCUT2D eigenvalue weighted by Gasteiger charge is -2.14. The highest BCUT2D eigenvalue weighted by Gasteiger charge is 2.10. The third-order valence-electron chi connectivity index (χ3n) is 2.66. The van der Waals surface area contributed by atoms with Crippen molar-refractivity contribution in [1.82, 2.24) is 9.88 Å². The monoisotopic (exact) mass is 209 g/mol. The molecule has 0 atom stereocenters. The van der Waals surface area contributed by atoms with Crippen LogP contribution < -0.4 is 5.32 Å². The van der Waals surface area contributed by atoms with Crippen molar-refractivity contribution in [2.45, 2.75) is 12.8 Å². The minimum Gasteiger partial charge on any atom is -0.369 e. The molecule has 0 aliphatic carbocycles. The van der Waals surface area contributed by atoms with Gasteiger partial charge in [0.2, 0.25) is 0 Å². The second kappa shape index (κ2) is 5.07. The second-order valence-electron chi connectivity index (χ2n) is 3.84. The molecule has 1 aromatic heterocycles. The minimum atomic E-state index is -0.292. The topological polar surface area (TPSA) is 28.2 Å². The summed E-state index contributed by atoms with van der Waals surface area (Å²) in [5.41, 5.74) is 0. The molecule has 0 bridgehead atoms. The highest BCUT2D eigenvalue weighted by molar-refractivity contribution is 5.33. The van der Waals surface area contributed by atoms with Crippen LogP contribution in [0.3, 0.4) is 0 Å². The number of hydrogen-bond acceptors (Lipinski definition) is 3. The molecular weight excluding hydrogens is 193 g/mol. The van der Waals surface area contributed by atoms with Crippen molar-refractivity contribution in [3.63, 3.8) is 0 Å². The lowest BCUT2D eigenvalue weighted by Crippen LogP contribution is -2.26. The van der Waals surface area contributed by atoms with Crippen LogP contribution in [0.1, 0.15) is 12.8 Å². The molecule has 0 aromatic carbocycles. The molecule has 0 radical (unpaired) electrons. The van der Waals surface area contributed by atoms with Crippen LogP contribution >= 0.6 is 0 Å². The number of pyridine rings is 1. The van der Waals surface area contributed by atoms with Gasteiger partial charge in [0.1, 0.15) is 11.6 Å². The van der Waals surface area contributed by atoms with Crippen molar-refractivity contribution in [1.29, 1.82) is 0 Å². The Morgan fingerprint density at radius 2 is 2.13 bits per heavy atom. The lowest BCUT2D eigenvalue weighted by atomic mass is 10.4. The fourth-order valence-electron chi connectivity index (χ4n) is 1.83. The molecule has 2 heterocycles. The number of nitrogens with one attached hydrogen (secondary N) is 1. The largest absolute Gasteiger partial charge is 0.369 e. The first-order chi connectivity index (χ1) is 7.34. The Bertz CT molecular complexity index is 293. The Kier molecular flexibility index (Phi) is 3.50. The van der Waals surface area contributed by atoms with E-state index in [9.17, 15) is 4.39 Å². The minimum absolute atomic E-state index is 0.292. The molecule has 1 aromatic rings. The number of nitrogens with zero attached hydrogens (tertiary/aromatic N) is 2. The second-order valence-corrected chi connectivity index (χ2v) is 3.84. The SMILES string of the molecule is Fc1ccc(NCCN2CCCC2)nc1. The predicted molar refractivity (Wildman–Crippen MR) is 58.4 cm³/mol.